The van der Waals surface area contributed by atoms with Crippen LogP contribution in [0.5, 0.6) is 0 Å². The van der Waals surface area contributed by atoms with E-state index in [-0.39, 0.29) is 24.3 Å². The Morgan fingerprint density at radius 1 is 1.22 bits per heavy atom. The third kappa shape index (κ3) is 3.48. The fraction of sp³-hybridized carbons (Fsp3) is 0.190. The number of thiophene rings is 1. The summed E-state index contributed by atoms with van der Waals surface area (Å²) in [4.78, 5) is 32.7. The molecule has 2 aromatic heterocycles. The van der Waals surface area contributed by atoms with Crippen LogP contribution in [0, 0.1) is 6.92 Å². The molecule has 3 heterocycles. The van der Waals surface area contributed by atoms with E-state index in [4.69, 9.17) is 0 Å². The third-order valence-corrected chi connectivity index (χ3v) is 5.72. The highest BCUT2D eigenvalue weighted by atomic mass is 32.1. The summed E-state index contributed by atoms with van der Waals surface area (Å²) in [7, 11) is 0. The van der Waals surface area contributed by atoms with Crippen LogP contribution in [0.15, 0.2) is 60.1 Å². The van der Waals surface area contributed by atoms with Crippen LogP contribution in [0.3, 0.4) is 0 Å². The fourth-order valence-electron chi connectivity index (χ4n) is 3.35. The number of carbonyl (C=O) groups is 2. The summed E-state index contributed by atoms with van der Waals surface area (Å²) in [6.07, 6.45) is 1.84. The second-order valence-electron chi connectivity index (χ2n) is 6.54. The molecule has 0 saturated carbocycles. The van der Waals surface area contributed by atoms with E-state index >= 15 is 0 Å². The van der Waals surface area contributed by atoms with Crippen LogP contribution in [0.1, 0.15) is 38.8 Å². The molecule has 1 N–H and O–H groups in total. The van der Waals surface area contributed by atoms with Gasteiger partial charge in [0, 0.05) is 23.2 Å². The minimum Gasteiger partial charge on any atom is -0.326 e. The largest absolute Gasteiger partial charge is 0.326 e. The lowest BCUT2D eigenvalue weighted by atomic mass is 10.1. The van der Waals surface area contributed by atoms with E-state index in [2.05, 4.69) is 10.3 Å². The molecule has 136 valence electrons. The molecule has 1 unspecified atom stereocenters. The topological polar surface area (TPSA) is 62.3 Å². The Labute approximate surface area is 161 Å². The van der Waals surface area contributed by atoms with Crippen LogP contribution >= 0.6 is 11.3 Å². The van der Waals surface area contributed by atoms with Gasteiger partial charge in [-0.15, -0.1) is 11.3 Å². The Morgan fingerprint density at radius 3 is 2.81 bits per heavy atom. The molecule has 0 bridgehead atoms. The number of carbonyl (C=O) groups excluding carboxylic acids is 2. The summed E-state index contributed by atoms with van der Waals surface area (Å²) in [5, 5.41) is 4.85. The highest BCUT2D eigenvalue weighted by Crippen LogP contribution is 2.35. The van der Waals surface area contributed by atoms with Gasteiger partial charge in [0.25, 0.3) is 5.91 Å². The molecule has 3 aromatic rings. The average Bonchev–Trinajstić information content (AvgIpc) is 3.31. The Balaban J connectivity index is 1.57. The zero-order valence-electron chi connectivity index (χ0n) is 14.9. The van der Waals surface area contributed by atoms with Crippen molar-refractivity contribution in [3.8, 4) is 0 Å². The maximum absolute atomic E-state index is 12.9. The van der Waals surface area contributed by atoms with Crippen molar-refractivity contribution in [2.45, 2.75) is 25.9 Å². The Hall–Kier alpha value is -2.99. The van der Waals surface area contributed by atoms with Gasteiger partial charge in [0.05, 0.1) is 12.5 Å². The minimum atomic E-state index is -0.297. The van der Waals surface area contributed by atoms with E-state index in [1.54, 1.807) is 22.4 Å². The zero-order valence-corrected chi connectivity index (χ0v) is 15.7. The number of fused-ring (bicyclic) bond motifs is 1. The quantitative estimate of drug-likeness (QED) is 0.726. The first-order valence-corrected chi connectivity index (χ1v) is 9.65. The molecular formula is C21H19N3O2S. The molecule has 5 nitrogen and oxygen atoms in total. The number of nitrogens with one attached hydrogen (secondary N) is 1. The van der Waals surface area contributed by atoms with Gasteiger partial charge in [0.1, 0.15) is 5.82 Å². The first-order valence-electron chi connectivity index (χ1n) is 8.77. The van der Waals surface area contributed by atoms with Gasteiger partial charge in [-0.2, -0.15) is 0 Å². The second-order valence-corrected chi connectivity index (χ2v) is 7.52. The van der Waals surface area contributed by atoms with Crippen molar-refractivity contribution in [3.63, 3.8) is 0 Å². The van der Waals surface area contributed by atoms with Crippen molar-refractivity contribution < 1.29 is 9.59 Å². The van der Waals surface area contributed by atoms with E-state index in [1.165, 1.54) is 0 Å². The van der Waals surface area contributed by atoms with Crippen LogP contribution < -0.4 is 5.32 Å². The number of nitrogens with zero attached hydrogens (tertiary/aromatic N) is 2. The summed E-state index contributed by atoms with van der Waals surface area (Å²) in [6, 6.07) is 15.0. The summed E-state index contributed by atoms with van der Waals surface area (Å²) in [5.41, 5.74) is 2.63. The zero-order chi connectivity index (χ0) is 18.8. The molecule has 0 radical (unpaired) electrons. The highest BCUT2D eigenvalue weighted by Gasteiger charge is 2.34. The lowest BCUT2D eigenvalue weighted by Crippen LogP contribution is -2.32. The Kier molecular flexibility index (Phi) is 4.73. The van der Waals surface area contributed by atoms with E-state index < -0.39 is 0 Å². The normalized spacial score (nSPS) is 14.1. The van der Waals surface area contributed by atoms with Crippen molar-refractivity contribution in [1.29, 1.82) is 0 Å². The van der Waals surface area contributed by atoms with E-state index in [9.17, 15) is 9.59 Å². The number of aryl methyl sites for hydroxylation is 1. The fourth-order valence-corrected chi connectivity index (χ4v) is 4.19. The highest BCUT2D eigenvalue weighted by molar-refractivity contribution is 7.10. The monoisotopic (exact) mass is 377 g/mol. The first kappa shape index (κ1) is 17.4. The molecule has 1 aromatic carbocycles. The summed E-state index contributed by atoms with van der Waals surface area (Å²) < 4.78 is 0. The Morgan fingerprint density at radius 2 is 2.07 bits per heavy atom. The number of hydrogen-bond acceptors (Lipinski definition) is 4. The van der Waals surface area contributed by atoms with Crippen molar-refractivity contribution >= 4 is 29.0 Å². The van der Waals surface area contributed by atoms with Gasteiger partial charge in [0.15, 0.2) is 0 Å². The number of pyridine rings is 1. The number of anilines is 1. The molecule has 1 atom stereocenters. The van der Waals surface area contributed by atoms with Gasteiger partial charge in [-0.25, -0.2) is 4.98 Å². The van der Waals surface area contributed by atoms with Crippen molar-refractivity contribution in [1.82, 2.24) is 9.88 Å². The van der Waals surface area contributed by atoms with Gasteiger partial charge in [-0.1, -0.05) is 30.3 Å². The second kappa shape index (κ2) is 7.32. The molecule has 4 rings (SSSR count). The maximum Gasteiger partial charge on any atom is 0.255 e. The standard InChI is InChI=1S/C21H19N3O2S/c1-14-6-4-10-22-20(14)23-19(25)12-17(18-9-5-11-27-18)24-13-15-7-2-3-8-16(15)21(24)26/h2-11,17H,12-13H2,1H3,(H,22,23,25). The number of rotatable bonds is 5. The van der Waals surface area contributed by atoms with E-state index in [1.807, 2.05) is 60.8 Å². The van der Waals surface area contributed by atoms with Crippen LogP contribution in [-0.4, -0.2) is 21.7 Å². The molecule has 27 heavy (non-hydrogen) atoms. The predicted octanol–water partition coefficient (Wildman–Crippen LogP) is 4.18. The molecule has 1 aliphatic heterocycles. The number of hydrogen-bond donors (Lipinski definition) is 1. The molecule has 2 amide bonds. The lowest BCUT2D eigenvalue weighted by Gasteiger charge is -2.26. The van der Waals surface area contributed by atoms with Crippen LogP contribution in [-0.2, 0) is 11.3 Å². The molecule has 0 fully saturated rings. The number of aromatic nitrogens is 1. The molecule has 6 heteroatoms. The molecule has 1 aliphatic rings. The molecule has 0 spiro atoms. The van der Waals surface area contributed by atoms with Crippen LogP contribution in [0.25, 0.3) is 0 Å². The predicted molar refractivity (Wildman–Crippen MR) is 106 cm³/mol. The van der Waals surface area contributed by atoms with Crippen molar-refractivity contribution in [3.05, 3.63) is 81.7 Å². The minimum absolute atomic E-state index is 0.0224. The first-order chi connectivity index (χ1) is 13.1. The van der Waals surface area contributed by atoms with Crippen molar-refractivity contribution in [2.24, 2.45) is 0 Å². The molecule has 0 aliphatic carbocycles. The van der Waals surface area contributed by atoms with Gasteiger partial charge in [0.2, 0.25) is 5.91 Å². The Bertz CT molecular complexity index is 985. The summed E-state index contributed by atoms with van der Waals surface area (Å²) in [5.74, 6) is 0.383. The van der Waals surface area contributed by atoms with Crippen LogP contribution in [0.2, 0.25) is 0 Å². The number of amides is 2. The van der Waals surface area contributed by atoms with Gasteiger partial charge in [-0.3, -0.25) is 9.59 Å². The molecule has 0 saturated heterocycles. The third-order valence-electron chi connectivity index (χ3n) is 4.74. The van der Waals surface area contributed by atoms with Crippen molar-refractivity contribution in [2.75, 3.05) is 5.32 Å². The average molecular weight is 377 g/mol. The molecular weight excluding hydrogens is 358 g/mol. The summed E-state index contributed by atoms with van der Waals surface area (Å²) in [6.45, 7) is 2.42. The smallest absolute Gasteiger partial charge is 0.255 e. The van der Waals surface area contributed by atoms with E-state index in [0.717, 1.165) is 21.6 Å². The van der Waals surface area contributed by atoms with Gasteiger partial charge >= 0.3 is 0 Å². The maximum atomic E-state index is 12.9. The van der Waals surface area contributed by atoms with Gasteiger partial charge in [-0.05, 0) is 41.6 Å². The lowest BCUT2D eigenvalue weighted by molar-refractivity contribution is -0.117. The van der Waals surface area contributed by atoms with Gasteiger partial charge < -0.3 is 10.2 Å². The SMILES string of the molecule is Cc1cccnc1NC(=O)CC(c1cccs1)N1Cc2ccccc2C1=O. The summed E-state index contributed by atoms with van der Waals surface area (Å²) >= 11 is 1.56. The van der Waals surface area contributed by atoms with Crippen LogP contribution in [0.4, 0.5) is 5.82 Å². The number of benzene rings is 1. The van der Waals surface area contributed by atoms with E-state index in [0.29, 0.717) is 12.4 Å².